The molecule has 0 aromatic heterocycles. The van der Waals surface area contributed by atoms with E-state index in [-0.39, 0.29) is 0 Å². The van der Waals surface area contributed by atoms with Crippen molar-refractivity contribution < 1.29 is 0 Å². The topological polar surface area (TPSA) is 12.0 Å². The molecule has 1 N–H and O–H groups in total. The van der Waals surface area contributed by atoms with E-state index in [1.165, 1.54) is 42.2 Å². The average Bonchev–Trinajstić information content (AvgIpc) is 2.89. The van der Waals surface area contributed by atoms with Gasteiger partial charge in [0.2, 0.25) is 0 Å². The molecule has 0 saturated carbocycles. The first kappa shape index (κ1) is 14.6. The third-order valence-electron chi connectivity index (χ3n) is 3.01. The fraction of sp³-hybridized carbons (Fsp3) is 0.571. The molecule has 1 unspecified atom stereocenters. The van der Waals surface area contributed by atoms with E-state index in [0.717, 1.165) is 16.8 Å². The van der Waals surface area contributed by atoms with E-state index >= 15 is 0 Å². The van der Waals surface area contributed by atoms with E-state index in [9.17, 15) is 0 Å². The number of thioether (sulfide) groups is 2. The minimum Gasteiger partial charge on any atom is -0.313 e. The lowest BCUT2D eigenvalue weighted by atomic mass is 10.2. The summed E-state index contributed by atoms with van der Waals surface area (Å²) in [5.74, 6) is 4.97. The lowest BCUT2D eigenvalue weighted by Crippen LogP contribution is -2.29. The number of nitrogens with one attached hydrogen (secondary N) is 1. The number of benzene rings is 1. The van der Waals surface area contributed by atoms with Crippen molar-refractivity contribution >= 4 is 35.1 Å². The molecule has 2 rings (SSSR count). The SMILES string of the molecule is Clc1ccc(CSCCCNC2CCSC2)cc1. The molecule has 4 heteroatoms. The molecule has 1 heterocycles. The first-order valence-electron chi connectivity index (χ1n) is 6.48. The van der Waals surface area contributed by atoms with E-state index in [1.807, 2.05) is 23.9 Å². The summed E-state index contributed by atoms with van der Waals surface area (Å²) in [5.41, 5.74) is 1.37. The Morgan fingerprint density at radius 1 is 1.33 bits per heavy atom. The van der Waals surface area contributed by atoms with E-state index < -0.39 is 0 Å². The molecule has 18 heavy (non-hydrogen) atoms. The number of hydrogen-bond donors (Lipinski definition) is 1. The van der Waals surface area contributed by atoms with Gasteiger partial charge in [0.1, 0.15) is 0 Å². The Bertz CT molecular complexity index is 336. The van der Waals surface area contributed by atoms with Crippen LogP contribution in [0.2, 0.25) is 5.02 Å². The fourth-order valence-corrected chi connectivity index (χ4v) is 4.18. The van der Waals surface area contributed by atoms with Crippen LogP contribution in [0.5, 0.6) is 0 Å². The van der Waals surface area contributed by atoms with Gasteiger partial charge in [-0.05, 0) is 48.6 Å². The van der Waals surface area contributed by atoms with Crippen molar-refractivity contribution in [1.82, 2.24) is 5.32 Å². The van der Waals surface area contributed by atoms with Crippen LogP contribution in [0.25, 0.3) is 0 Å². The van der Waals surface area contributed by atoms with Gasteiger partial charge in [0, 0.05) is 22.6 Å². The molecule has 1 aromatic rings. The van der Waals surface area contributed by atoms with Crippen LogP contribution < -0.4 is 5.32 Å². The Hall–Kier alpha value is 0.170. The molecule has 1 aliphatic heterocycles. The van der Waals surface area contributed by atoms with Gasteiger partial charge in [-0.15, -0.1) is 0 Å². The third-order valence-corrected chi connectivity index (χ3v) is 5.54. The molecule has 1 nitrogen and oxygen atoms in total. The minimum absolute atomic E-state index is 0.774. The van der Waals surface area contributed by atoms with Crippen LogP contribution in [0.1, 0.15) is 18.4 Å². The molecule has 0 spiro atoms. The zero-order valence-corrected chi connectivity index (χ0v) is 12.9. The monoisotopic (exact) mass is 301 g/mol. The van der Waals surface area contributed by atoms with Gasteiger partial charge < -0.3 is 5.32 Å². The van der Waals surface area contributed by atoms with Gasteiger partial charge in [0.25, 0.3) is 0 Å². The zero-order chi connectivity index (χ0) is 12.6. The quantitative estimate of drug-likeness (QED) is 0.763. The van der Waals surface area contributed by atoms with Gasteiger partial charge >= 0.3 is 0 Å². The molecule has 0 radical (unpaired) electrons. The molecular weight excluding hydrogens is 282 g/mol. The van der Waals surface area contributed by atoms with Gasteiger partial charge in [-0.3, -0.25) is 0 Å². The van der Waals surface area contributed by atoms with Crippen molar-refractivity contribution in [2.24, 2.45) is 0 Å². The Balaban J connectivity index is 1.49. The highest BCUT2D eigenvalue weighted by atomic mass is 35.5. The van der Waals surface area contributed by atoms with Gasteiger partial charge in [-0.25, -0.2) is 0 Å². The van der Waals surface area contributed by atoms with Crippen molar-refractivity contribution in [3.05, 3.63) is 34.9 Å². The highest BCUT2D eigenvalue weighted by molar-refractivity contribution is 7.99. The van der Waals surface area contributed by atoms with E-state index in [1.54, 1.807) is 0 Å². The van der Waals surface area contributed by atoms with Crippen molar-refractivity contribution in [2.45, 2.75) is 24.6 Å². The van der Waals surface area contributed by atoms with Crippen molar-refractivity contribution in [3.8, 4) is 0 Å². The predicted octanol–water partition coefficient (Wildman–Crippen LogP) is 4.06. The Kier molecular flexibility index (Phi) is 6.77. The van der Waals surface area contributed by atoms with Crippen LogP contribution in [0.15, 0.2) is 24.3 Å². The first-order chi connectivity index (χ1) is 8.84. The standard InChI is InChI=1S/C14H20ClNS2/c15-13-4-2-12(3-5-13)10-17-8-1-7-16-14-6-9-18-11-14/h2-5,14,16H,1,6-11H2. The third kappa shape index (κ3) is 5.43. The molecular formula is C14H20ClNS2. The van der Waals surface area contributed by atoms with Crippen LogP contribution in [0.3, 0.4) is 0 Å². The van der Waals surface area contributed by atoms with E-state index in [4.69, 9.17) is 11.6 Å². The summed E-state index contributed by atoms with van der Waals surface area (Å²) in [7, 11) is 0. The van der Waals surface area contributed by atoms with Crippen LogP contribution in [-0.2, 0) is 5.75 Å². The molecule has 1 atom stereocenters. The molecule has 1 aliphatic rings. The number of halogens is 1. The van der Waals surface area contributed by atoms with Gasteiger partial charge in [0.15, 0.2) is 0 Å². The van der Waals surface area contributed by atoms with Crippen molar-refractivity contribution in [2.75, 3.05) is 23.8 Å². The highest BCUT2D eigenvalue weighted by Gasteiger charge is 2.13. The van der Waals surface area contributed by atoms with Gasteiger partial charge in [0.05, 0.1) is 0 Å². The second-order valence-electron chi connectivity index (χ2n) is 4.55. The summed E-state index contributed by atoms with van der Waals surface area (Å²) in [6.07, 6.45) is 2.61. The summed E-state index contributed by atoms with van der Waals surface area (Å²) in [4.78, 5) is 0. The summed E-state index contributed by atoms with van der Waals surface area (Å²) < 4.78 is 0. The Morgan fingerprint density at radius 2 is 2.17 bits per heavy atom. The average molecular weight is 302 g/mol. The second kappa shape index (κ2) is 8.36. The van der Waals surface area contributed by atoms with Crippen molar-refractivity contribution in [3.63, 3.8) is 0 Å². The van der Waals surface area contributed by atoms with E-state index in [2.05, 4.69) is 29.2 Å². The maximum atomic E-state index is 5.86. The Morgan fingerprint density at radius 3 is 2.89 bits per heavy atom. The zero-order valence-electron chi connectivity index (χ0n) is 10.5. The van der Waals surface area contributed by atoms with Crippen LogP contribution in [-0.4, -0.2) is 29.8 Å². The largest absolute Gasteiger partial charge is 0.313 e. The second-order valence-corrected chi connectivity index (χ2v) is 7.24. The number of rotatable bonds is 7. The summed E-state index contributed by atoms with van der Waals surface area (Å²) >= 11 is 9.94. The number of hydrogen-bond acceptors (Lipinski definition) is 3. The van der Waals surface area contributed by atoms with E-state index in [0.29, 0.717) is 0 Å². The van der Waals surface area contributed by atoms with Crippen LogP contribution in [0.4, 0.5) is 0 Å². The molecule has 1 saturated heterocycles. The van der Waals surface area contributed by atoms with Gasteiger partial charge in [-0.2, -0.15) is 23.5 Å². The van der Waals surface area contributed by atoms with Gasteiger partial charge in [-0.1, -0.05) is 23.7 Å². The maximum absolute atomic E-state index is 5.86. The highest BCUT2D eigenvalue weighted by Crippen LogP contribution is 2.18. The molecule has 0 bridgehead atoms. The summed E-state index contributed by atoms with van der Waals surface area (Å²) in [6.45, 7) is 1.17. The van der Waals surface area contributed by atoms with Crippen LogP contribution >= 0.6 is 35.1 Å². The summed E-state index contributed by atoms with van der Waals surface area (Å²) in [5, 5.41) is 4.46. The molecule has 1 aromatic carbocycles. The lowest BCUT2D eigenvalue weighted by molar-refractivity contribution is 0.557. The van der Waals surface area contributed by atoms with Crippen LogP contribution in [0, 0.1) is 0 Å². The fourth-order valence-electron chi connectivity index (χ4n) is 1.95. The normalized spacial score (nSPS) is 19.3. The summed E-state index contributed by atoms with van der Waals surface area (Å²) in [6, 6.07) is 8.94. The molecule has 0 aliphatic carbocycles. The molecule has 100 valence electrons. The first-order valence-corrected chi connectivity index (χ1v) is 9.16. The molecule has 1 fully saturated rings. The predicted molar refractivity (Wildman–Crippen MR) is 86.0 cm³/mol. The van der Waals surface area contributed by atoms with Crippen molar-refractivity contribution in [1.29, 1.82) is 0 Å². The molecule has 0 amide bonds. The smallest absolute Gasteiger partial charge is 0.0406 e. The maximum Gasteiger partial charge on any atom is 0.0406 e. The minimum atomic E-state index is 0.774. The Labute approximate surface area is 123 Å². The lowest BCUT2D eigenvalue weighted by Gasteiger charge is -2.10.